The van der Waals surface area contributed by atoms with Crippen molar-refractivity contribution in [2.75, 3.05) is 45.0 Å². The standard InChI is InChI=1S/C29H36N2OS/c32-27(24-33-28-15-8-3-9-16-28)23-31-21-19-30(20-22-31)18-10-17-29(25-11-4-1-5-12-25)26-13-6-2-7-14-26/h1-9,11-16,27,29,32H,10,17-24H2. The molecular formula is C29H36N2OS. The first kappa shape index (κ1) is 24.0. The van der Waals surface area contributed by atoms with Crippen LogP contribution in [0.5, 0.6) is 0 Å². The van der Waals surface area contributed by atoms with Gasteiger partial charge in [-0.2, -0.15) is 0 Å². The van der Waals surface area contributed by atoms with Gasteiger partial charge in [0.05, 0.1) is 6.10 Å². The maximum atomic E-state index is 10.5. The van der Waals surface area contributed by atoms with Crippen molar-refractivity contribution in [3.05, 3.63) is 102 Å². The summed E-state index contributed by atoms with van der Waals surface area (Å²) in [5, 5.41) is 10.5. The molecule has 1 atom stereocenters. The lowest BCUT2D eigenvalue weighted by atomic mass is 9.87. The monoisotopic (exact) mass is 460 g/mol. The van der Waals surface area contributed by atoms with Crippen LogP contribution in [-0.2, 0) is 0 Å². The van der Waals surface area contributed by atoms with E-state index in [0.29, 0.717) is 5.92 Å². The number of hydrogen-bond acceptors (Lipinski definition) is 4. The topological polar surface area (TPSA) is 26.7 Å². The smallest absolute Gasteiger partial charge is 0.0760 e. The molecule has 174 valence electrons. The van der Waals surface area contributed by atoms with E-state index in [1.54, 1.807) is 11.8 Å². The Labute approximate surface area is 203 Å². The molecule has 3 aromatic rings. The fourth-order valence-corrected chi connectivity index (χ4v) is 5.51. The van der Waals surface area contributed by atoms with E-state index in [2.05, 4.69) is 94.7 Å². The minimum absolute atomic E-state index is 0.278. The first-order valence-corrected chi connectivity index (χ1v) is 13.2. The number of aliphatic hydroxyl groups is 1. The molecule has 1 aliphatic heterocycles. The van der Waals surface area contributed by atoms with E-state index < -0.39 is 0 Å². The maximum Gasteiger partial charge on any atom is 0.0760 e. The third-order valence-corrected chi connectivity index (χ3v) is 7.65. The van der Waals surface area contributed by atoms with Crippen molar-refractivity contribution >= 4 is 11.8 Å². The highest BCUT2D eigenvalue weighted by atomic mass is 32.2. The number of aliphatic hydroxyl groups excluding tert-OH is 1. The number of rotatable bonds is 11. The summed E-state index contributed by atoms with van der Waals surface area (Å²) in [5.74, 6) is 1.22. The van der Waals surface area contributed by atoms with Crippen LogP contribution < -0.4 is 0 Å². The van der Waals surface area contributed by atoms with Crippen molar-refractivity contribution in [3.63, 3.8) is 0 Å². The van der Waals surface area contributed by atoms with Gasteiger partial charge in [-0.25, -0.2) is 0 Å². The first-order valence-electron chi connectivity index (χ1n) is 12.2. The highest BCUT2D eigenvalue weighted by Gasteiger charge is 2.20. The molecule has 4 heteroatoms. The predicted molar refractivity (Wildman–Crippen MR) is 140 cm³/mol. The summed E-state index contributed by atoms with van der Waals surface area (Å²) in [5.41, 5.74) is 2.83. The van der Waals surface area contributed by atoms with Gasteiger partial charge >= 0.3 is 0 Å². The highest BCUT2D eigenvalue weighted by Crippen LogP contribution is 2.29. The Hall–Kier alpha value is -2.11. The summed E-state index contributed by atoms with van der Waals surface area (Å²) in [6, 6.07) is 32.2. The van der Waals surface area contributed by atoms with Gasteiger partial charge in [0, 0.05) is 49.3 Å². The van der Waals surface area contributed by atoms with Crippen molar-refractivity contribution in [1.82, 2.24) is 9.80 Å². The third-order valence-electron chi connectivity index (χ3n) is 6.49. The summed E-state index contributed by atoms with van der Waals surface area (Å²) in [6.45, 7) is 6.22. The molecular weight excluding hydrogens is 424 g/mol. The van der Waals surface area contributed by atoms with Crippen molar-refractivity contribution < 1.29 is 5.11 Å². The fraction of sp³-hybridized carbons (Fsp3) is 0.379. The van der Waals surface area contributed by atoms with E-state index in [1.807, 2.05) is 6.07 Å². The van der Waals surface area contributed by atoms with E-state index in [4.69, 9.17) is 0 Å². The molecule has 1 saturated heterocycles. The average molecular weight is 461 g/mol. The highest BCUT2D eigenvalue weighted by molar-refractivity contribution is 7.99. The molecule has 0 aliphatic carbocycles. The zero-order valence-corrected chi connectivity index (χ0v) is 20.2. The van der Waals surface area contributed by atoms with Gasteiger partial charge in [-0.05, 0) is 42.6 Å². The summed E-state index contributed by atoms with van der Waals surface area (Å²) in [4.78, 5) is 6.24. The lowest BCUT2D eigenvalue weighted by molar-refractivity contribution is 0.0819. The number of thioether (sulfide) groups is 1. The quantitative estimate of drug-likeness (QED) is 0.389. The molecule has 0 amide bonds. The van der Waals surface area contributed by atoms with Crippen LogP contribution in [0.25, 0.3) is 0 Å². The van der Waals surface area contributed by atoms with Gasteiger partial charge in [0.25, 0.3) is 0 Å². The van der Waals surface area contributed by atoms with Crippen LogP contribution in [0.2, 0.25) is 0 Å². The fourth-order valence-electron chi connectivity index (χ4n) is 4.67. The number of hydrogen-bond donors (Lipinski definition) is 1. The molecule has 1 aliphatic rings. The molecule has 0 aromatic heterocycles. The molecule has 1 N–H and O–H groups in total. The second kappa shape index (κ2) is 13.0. The Morgan fingerprint density at radius 3 is 1.79 bits per heavy atom. The summed E-state index contributed by atoms with van der Waals surface area (Å²) in [6.07, 6.45) is 2.09. The van der Waals surface area contributed by atoms with E-state index >= 15 is 0 Å². The number of β-amino-alcohol motifs (C(OH)–C–C–N with tert-alkyl or cyclic N) is 1. The molecule has 0 radical (unpaired) electrons. The van der Waals surface area contributed by atoms with Gasteiger partial charge in [0.1, 0.15) is 0 Å². The van der Waals surface area contributed by atoms with E-state index in [1.165, 1.54) is 28.9 Å². The molecule has 0 bridgehead atoms. The zero-order chi connectivity index (χ0) is 22.7. The minimum atomic E-state index is -0.278. The number of piperazine rings is 1. The average Bonchev–Trinajstić information content (AvgIpc) is 2.88. The molecule has 1 unspecified atom stereocenters. The van der Waals surface area contributed by atoms with Crippen molar-refractivity contribution in [2.45, 2.75) is 29.8 Å². The lowest BCUT2D eigenvalue weighted by Crippen LogP contribution is -2.49. The van der Waals surface area contributed by atoms with Crippen LogP contribution in [0.3, 0.4) is 0 Å². The largest absolute Gasteiger partial charge is 0.391 e. The summed E-state index contributed by atoms with van der Waals surface area (Å²) in [7, 11) is 0. The zero-order valence-electron chi connectivity index (χ0n) is 19.4. The molecule has 1 heterocycles. The van der Waals surface area contributed by atoms with Crippen molar-refractivity contribution in [2.24, 2.45) is 0 Å². The molecule has 3 aromatic carbocycles. The molecule has 4 rings (SSSR count). The SMILES string of the molecule is OC(CSc1ccccc1)CN1CCN(CCCC(c2ccccc2)c2ccccc2)CC1. The number of benzene rings is 3. The van der Waals surface area contributed by atoms with Crippen LogP contribution in [-0.4, -0.2) is 66.0 Å². The Morgan fingerprint density at radius 1 is 0.697 bits per heavy atom. The molecule has 0 spiro atoms. The van der Waals surface area contributed by atoms with Gasteiger partial charge in [-0.15, -0.1) is 11.8 Å². The minimum Gasteiger partial charge on any atom is -0.391 e. The third kappa shape index (κ3) is 7.72. The predicted octanol–water partition coefficient (Wildman–Crippen LogP) is 5.37. The maximum absolute atomic E-state index is 10.5. The van der Waals surface area contributed by atoms with Gasteiger partial charge < -0.3 is 10.0 Å². The summed E-state index contributed by atoms with van der Waals surface area (Å²) >= 11 is 1.74. The van der Waals surface area contributed by atoms with Crippen LogP contribution in [0.1, 0.15) is 29.9 Å². The Balaban J connectivity index is 1.18. The Kier molecular flexibility index (Phi) is 9.43. The van der Waals surface area contributed by atoms with Crippen molar-refractivity contribution in [3.8, 4) is 0 Å². The van der Waals surface area contributed by atoms with Crippen LogP contribution in [0.4, 0.5) is 0 Å². The molecule has 1 fully saturated rings. The van der Waals surface area contributed by atoms with Gasteiger partial charge in [0.2, 0.25) is 0 Å². The van der Waals surface area contributed by atoms with Gasteiger partial charge in [-0.3, -0.25) is 4.90 Å². The molecule has 3 nitrogen and oxygen atoms in total. The van der Waals surface area contributed by atoms with E-state index in [9.17, 15) is 5.11 Å². The number of nitrogens with zero attached hydrogens (tertiary/aromatic N) is 2. The lowest BCUT2D eigenvalue weighted by Gasteiger charge is -2.35. The summed E-state index contributed by atoms with van der Waals surface area (Å²) < 4.78 is 0. The second-order valence-electron chi connectivity index (χ2n) is 8.94. The van der Waals surface area contributed by atoms with E-state index in [0.717, 1.165) is 45.0 Å². The molecule has 33 heavy (non-hydrogen) atoms. The van der Waals surface area contributed by atoms with E-state index in [-0.39, 0.29) is 6.10 Å². The molecule has 0 saturated carbocycles. The van der Waals surface area contributed by atoms with Crippen LogP contribution in [0.15, 0.2) is 95.9 Å². The Bertz CT molecular complexity index is 875. The van der Waals surface area contributed by atoms with Crippen LogP contribution >= 0.6 is 11.8 Å². The first-order chi connectivity index (χ1) is 16.3. The normalized spacial score (nSPS) is 16.2. The second-order valence-corrected chi connectivity index (χ2v) is 10.0. The van der Waals surface area contributed by atoms with Crippen molar-refractivity contribution in [1.29, 1.82) is 0 Å². The van der Waals surface area contributed by atoms with Gasteiger partial charge in [0.15, 0.2) is 0 Å². The van der Waals surface area contributed by atoms with Gasteiger partial charge in [-0.1, -0.05) is 78.9 Å². The Morgan fingerprint density at radius 2 is 1.21 bits per heavy atom. The van der Waals surface area contributed by atoms with Crippen LogP contribution in [0, 0.1) is 0 Å².